The normalized spacial score (nSPS) is 10.7. The van der Waals surface area contributed by atoms with Crippen LogP contribution in [-0.4, -0.2) is 19.4 Å². The molecule has 0 aromatic heterocycles. The molecule has 2 atom stereocenters. The minimum absolute atomic E-state index is 0.910. The van der Waals surface area contributed by atoms with Crippen molar-refractivity contribution in [2.24, 2.45) is 0 Å². The van der Waals surface area contributed by atoms with E-state index in [1.165, 1.54) is 22.9 Å². The maximum absolute atomic E-state index is 4.91. The SMILES string of the molecule is COc1ccccc1.c1ccc(PCCPc2ccccc2)cc1. The lowest BCUT2D eigenvalue weighted by Gasteiger charge is -2.02. The molecule has 0 radical (unpaired) electrons. The van der Waals surface area contributed by atoms with Gasteiger partial charge in [0.15, 0.2) is 0 Å². The zero-order valence-electron chi connectivity index (χ0n) is 14.0. The third-order valence-corrected chi connectivity index (χ3v) is 6.29. The molecule has 0 aliphatic heterocycles. The predicted octanol–water partition coefficient (Wildman–Crippen LogP) is 4.69. The van der Waals surface area contributed by atoms with E-state index in [-0.39, 0.29) is 0 Å². The van der Waals surface area contributed by atoms with Gasteiger partial charge in [0.05, 0.1) is 7.11 Å². The van der Waals surface area contributed by atoms with Gasteiger partial charge in [0, 0.05) is 0 Å². The molecule has 0 N–H and O–H groups in total. The highest BCUT2D eigenvalue weighted by atomic mass is 31.1. The molecule has 0 fully saturated rings. The maximum Gasteiger partial charge on any atom is 0.118 e. The van der Waals surface area contributed by atoms with Crippen LogP contribution in [0.5, 0.6) is 5.75 Å². The quantitative estimate of drug-likeness (QED) is 0.461. The fraction of sp³-hybridized carbons (Fsp3) is 0.143. The number of methoxy groups -OCH3 is 1. The minimum atomic E-state index is 0.910. The summed E-state index contributed by atoms with van der Waals surface area (Å²) >= 11 is 0. The second-order valence-electron chi connectivity index (χ2n) is 5.10. The number of benzene rings is 3. The number of hydrogen-bond acceptors (Lipinski definition) is 1. The van der Waals surface area contributed by atoms with Crippen molar-refractivity contribution >= 4 is 27.8 Å². The maximum atomic E-state index is 4.91. The van der Waals surface area contributed by atoms with E-state index in [1.54, 1.807) is 7.11 Å². The van der Waals surface area contributed by atoms with E-state index in [2.05, 4.69) is 60.7 Å². The number of ether oxygens (including phenoxy) is 1. The van der Waals surface area contributed by atoms with Gasteiger partial charge in [0.1, 0.15) is 5.75 Å². The zero-order valence-corrected chi connectivity index (χ0v) is 16.0. The lowest BCUT2D eigenvalue weighted by molar-refractivity contribution is 0.415. The number of rotatable bonds is 6. The molecule has 0 saturated heterocycles. The van der Waals surface area contributed by atoms with Gasteiger partial charge in [-0.3, -0.25) is 0 Å². The summed E-state index contributed by atoms with van der Waals surface area (Å²) in [5.74, 6) is 0.910. The smallest absolute Gasteiger partial charge is 0.118 e. The van der Waals surface area contributed by atoms with E-state index in [4.69, 9.17) is 4.74 Å². The Morgan fingerprint density at radius 3 is 1.29 bits per heavy atom. The minimum Gasteiger partial charge on any atom is -0.497 e. The van der Waals surface area contributed by atoms with Crippen molar-refractivity contribution in [1.82, 2.24) is 0 Å². The van der Waals surface area contributed by atoms with Crippen molar-refractivity contribution in [2.75, 3.05) is 19.4 Å². The first-order valence-corrected chi connectivity index (χ1v) is 10.5. The van der Waals surface area contributed by atoms with E-state index in [0.29, 0.717) is 0 Å². The lowest BCUT2D eigenvalue weighted by Crippen LogP contribution is -1.98. The highest BCUT2D eigenvalue weighted by Crippen LogP contribution is 2.16. The molecule has 3 aromatic carbocycles. The molecule has 1 nitrogen and oxygen atoms in total. The van der Waals surface area contributed by atoms with Crippen molar-refractivity contribution < 1.29 is 4.74 Å². The Morgan fingerprint density at radius 1 is 0.583 bits per heavy atom. The molecule has 0 amide bonds. The highest BCUT2D eigenvalue weighted by Gasteiger charge is 1.93. The molecule has 3 rings (SSSR count). The molecule has 0 aliphatic rings. The van der Waals surface area contributed by atoms with Gasteiger partial charge in [-0.2, -0.15) is 0 Å². The molecule has 0 heterocycles. The average molecular weight is 354 g/mol. The van der Waals surface area contributed by atoms with Crippen LogP contribution in [0.3, 0.4) is 0 Å². The van der Waals surface area contributed by atoms with Crippen molar-refractivity contribution in [2.45, 2.75) is 0 Å². The monoisotopic (exact) mass is 354 g/mol. The Hall–Kier alpha value is -1.68. The molecular weight excluding hydrogens is 330 g/mol. The second kappa shape index (κ2) is 11.8. The van der Waals surface area contributed by atoms with Crippen LogP contribution < -0.4 is 15.3 Å². The summed E-state index contributed by atoms with van der Waals surface area (Å²) in [5.41, 5.74) is 0. The third-order valence-electron chi connectivity index (χ3n) is 3.31. The van der Waals surface area contributed by atoms with E-state index in [1.807, 2.05) is 30.3 Å². The molecule has 0 saturated carbocycles. The van der Waals surface area contributed by atoms with Gasteiger partial charge in [0.25, 0.3) is 0 Å². The van der Waals surface area contributed by atoms with Crippen LogP contribution in [0.15, 0.2) is 91.0 Å². The number of para-hydroxylation sites is 1. The molecule has 0 bridgehead atoms. The molecule has 2 unspecified atom stereocenters. The topological polar surface area (TPSA) is 9.23 Å². The summed E-state index contributed by atoms with van der Waals surface area (Å²) in [7, 11) is 3.59. The fourth-order valence-electron chi connectivity index (χ4n) is 2.08. The van der Waals surface area contributed by atoms with Gasteiger partial charge in [0.2, 0.25) is 0 Å². The van der Waals surface area contributed by atoms with Crippen LogP contribution in [0.4, 0.5) is 0 Å². The average Bonchev–Trinajstić information content (AvgIpc) is 2.68. The lowest BCUT2D eigenvalue weighted by atomic mass is 10.3. The molecule has 24 heavy (non-hydrogen) atoms. The predicted molar refractivity (Wildman–Crippen MR) is 112 cm³/mol. The van der Waals surface area contributed by atoms with Crippen LogP contribution in [-0.2, 0) is 0 Å². The van der Waals surface area contributed by atoms with E-state index >= 15 is 0 Å². The van der Waals surface area contributed by atoms with Crippen molar-refractivity contribution in [3.8, 4) is 5.75 Å². The van der Waals surface area contributed by atoms with E-state index in [9.17, 15) is 0 Å². The van der Waals surface area contributed by atoms with Crippen LogP contribution in [0.25, 0.3) is 0 Å². The van der Waals surface area contributed by atoms with Crippen molar-refractivity contribution in [1.29, 1.82) is 0 Å². The number of hydrogen-bond donors (Lipinski definition) is 0. The standard InChI is InChI=1S/C14H16P2.C7H8O/c1-3-7-13(8-4-1)15-11-12-16-14-9-5-2-6-10-14;1-8-7-5-3-2-4-6-7/h1-10,15-16H,11-12H2;2-6H,1H3. The molecule has 0 aliphatic carbocycles. The summed E-state index contributed by atoms with van der Waals surface area (Å²) < 4.78 is 4.91. The van der Waals surface area contributed by atoms with Gasteiger partial charge in [-0.25, -0.2) is 0 Å². The highest BCUT2D eigenvalue weighted by molar-refractivity contribution is 7.51. The summed E-state index contributed by atoms with van der Waals surface area (Å²) in [6.07, 6.45) is 2.63. The van der Waals surface area contributed by atoms with E-state index < -0.39 is 0 Å². The van der Waals surface area contributed by atoms with Crippen LogP contribution >= 0.6 is 17.2 Å². The van der Waals surface area contributed by atoms with Gasteiger partial charge in [-0.1, -0.05) is 96.0 Å². The first-order chi connectivity index (χ1) is 11.9. The summed E-state index contributed by atoms with van der Waals surface area (Å²) in [6.45, 7) is 0. The molecular formula is C21H24OP2. The van der Waals surface area contributed by atoms with Crippen LogP contribution in [0.2, 0.25) is 0 Å². The first-order valence-electron chi connectivity index (χ1n) is 8.05. The Balaban J connectivity index is 0.000000219. The van der Waals surface area contributed by atoms with Gasteiger partial charge < -0.3 is 4.74 Å². The Labute approximate surface area is 149 Å². The molecule has 124 valence electrons. The van der Waals surface area contributed by atoms with Crippen molar-refractivity contribution in [3.05, 3.63) is 91.0 Å². The summed E-state index contributed by atoms with van der Waals surface area (Å²) in [4.78, 5) is 0. The van der Waals surface area contributed by atoms with Gasteiger partial charge in [-0.05, 0) is 35.1 Å². The third kappa shape index (κ3) is 7.73. The second-order valence-corrected chi connectivity index (χ2v) is 7.96. The molecule has 3 heteroatoms. The first kappa shape index (κ1) is 18.7. The largest absolute Gasteiger partial charge is 0.497 e. The van der Waals surface area contributed by atoms with Crippen molar-refractivity contribution in [3.63, 3.8) is 0 Å². The molecule has 3 aromatic rings. The van der Waals surface area contributed by atoms with Crippen LogP contribution in [0, 0.1) is 0 Å². The Bertz CT molecular complexity index is 616. The fourth-order valence-corrected chi connectivity index (χ4v) is 4.52. The summed E-state index contributed by atoms with van der Waals surface area (Å²) in [5, 5.41) is 2.97. The Morgan fingerprint density at radius 2 is 0.958 bits per heavy atom. The van der Waals surface area contributed by atoms with Crippen LogP contribution in [0.1, 0.15) is 0 Å². The van der Waals surface area contributed by atoms with Gasteiger partial charge in [-0.15, -0.1) is 0 Å². The summed E-state index contributed by atoms with van der Waals surface area (Å²) in [6, 6.07) is 31.3. The zero-order chi connectivity index (χ0) is 16.9. The van der Waals surface area contributed by atoms with Gasteiger partial charge >= 0.3 is 0 Å². The molecule has 0 spiro atoms. The van der Waals surface area contributed by atoms with E-state index in [0.717, 1.165) is 22.9 Å². The Kier molecular flexibility index (Phi) is 9.17.